The van der Waals surface area contributed by atoms with Crippen LogP contribution in [0, 0.1) is 0 Å². The van der Waals surface area contributed by atoms with Crippen molar-refractivity contribution in [1.29, 1.82) is 0 Å². The Morgan fingerprint density at radius 1 is 1.12 bits per heavy atom. The lowest BCUT2D eigenvalue weighted by molar-refractivity contribution is 0.0938. The van der Waals surface area contributed by atoms with Crippen LogP contribution in [0.15, 0.2) is 48.5 Å². The van der Waals surface area contributed by atoms with Crippen molar-refractivity contribution in [3.63, 3.8) is 0 Å². The zero-order valence-electron chi connectivity index (χ0n) is 15.4. The van der Waals surface area contributed by atoms with Crippen LogP contribution in [0.3, 0.4) is 0 Å². The molecular formula is C20H25NO4S. The second kappa shape index (κ2) is 8.85. The molecule has 0 aliphatic carbocycles. The largest absolute Gasteiger partial charge is 0.497 e. The van der Waals surface area contributed by atoms with E-state index < -0.39 is 9.84 Å². The lowest BCUT2D eigenvalue weighted by Gasteiger charge is -2.14. The van der Waals surface area contributed by atoms with E-state index in [2.05, 4.69) is 5.32 Å². The molecule has 2 rings (SSSR count). The first kappa shape index (κ1) is 20.0. The van der Waals surface area contributed by atoms with E-state index in [1.165, 1.54) is 11.8 Å². The maximum absolute atomic E-state index is 12.4. The number of ether oxygens (including phenoxy) is 1. The summed E-state index contributed by atoms with van der Waals surface area (Å²) in [6.45, 7) is 1.96. The summed E-state index contributed by atoms with van der Waals surface area (Å²) in [6.07, 6.45) is 2.83. The van der Waals surface area contributed by atoms with E-state index in [-0.39, 0.29) is 17.7 Å². The molecule has 0 radical (unpaired) electrons. The first-order valence-electron chi connectivity index (χ1n) is 8.47. The van der Waals surface area contributed by atoms with Crippen LogP contribution in [-0.4, -0.2) is 33.7 Å². The minimum Gasteiger partial charge on any atom is -0.497 e. The highest BCUT2D eigenvalue weighted by molar-refractivity contribution is 7.89. The lowest BCUT2D eigenvalue weighted by atomic mass is 10.1. The molecule has 0 saturated heterocycles. The van der Waals surface area contributed by atoms with Crippen molar-refractivity contribution in [1.82, 2.24) is 5.32 Å². The molecule has 0 aromatic heterocycles. The molecule has 5 nitrogen and oxygen atoms in total. The van der Waals surface area contributed by atoms with Crippen LogP contribution >= 0.6 is 0 Å². The number of hydrogen-bond acceptors (Lipinski definition) is 4. The number of rotatable bonds is 8. The second-order valence-corrected chi connectivity index (χ2v) is 8.67. The summed E-state index contributed by atoms with van der Waals surface area (Å²) in [5, 5.41) is 2.97. The molecule has 0 bridgehead atoms. The Kier molecular flexibility index (Phi) is 6.80. The molecule has 2 aromatic rings. The Morgan fingerprint density at radius 2 is 1.81 bits per heavy atom. The number of nitrogens with one attached hydrogen (secondary N) is 1. The van der Waals surface area contributed by atoms with Gasteiger partial charge in [0.1, 0.15) is 5.75 Å². The molecule has 26 heavy (non-hydrogen) atoms. The minimum absolute atomic E-state index is 0.00293. The van der Waals surface area contributed by atoms with Crippen molar-refractivity contribution >= 4 is 15.7 Å². The number of sulfone groups is 1. The zero-order chi connectivity index (χ0) is 19.2. The van der Waals surface area contributed by atoms with Gasteiger partial charge in [-0.1, -0.05) is 24.3 Å². The van der Waals surface area contributed by atoms with Crippen molar-refractivity contribution < 1.29 is 17.9 Å². The first-order chi connectivity index (χ1) is 12.3. The SMILES string of the molecule is COc1ccc(CCC(C)NC(=O)c2cccc(CS(C)(=O)=O)c2)cc1. The molecular weight excluding hydrogens is 350 g/mol. The van der Waals surface area contributed by atoms with Crippen molar-refractivity contribution in [2.45, 2.75) is 31.6 Å². The lowest BCUT2D eigenvalue weighted by Crippen LogP contribution is -2.32. The monoisotopic (exact) mass is 375 g/mol. The van der Waals surface area contributed by atoms with E-state index in [1.807, 2.05) is 31.2 Å². The Bertz CT molecular complexity index is 844. The number of aryl methyl sites for hydroxylation is 1. The number of hydrogen-bond donors (Lipinski definition) is 1. The first-order valence-corrected chi connectivity index (χ1v) is 10.5. The molecule has 1 atom stereocenters. The van der Waals surface area contributed by atoms with Crippen LogP contribution in [0.25, 0.3) is 0 Å². The second-order valence-electron chi connectivity index (χ2n) is 6.53. The van der Waals surface area contributed by atoms with Gasteiger partial charge in [0.25, 0.3) is 5.91 Å². The fraction of sp³-hybridized carbons (Fsp3) is 0.350. The normalized spacial score (nSPS) is 12.4. The van der Waals surface area contributed by atoms with Gasteiger partial charge < -0.3 is 10.1 Å². The van der Waals surface area contributed by atoms with E-state index in [4.69, 9.17) is 4.74 Å². The zero-order valence-corrected chi connectivity index (χ0v) is 16.2. The summed E-state index contributed by atoms with van der Waals surface area (Å²) in [7, 11) is -1.49. The Morgan fingerprint density at radius 3 is 2.42 bits per heavy atom. The van der Waals surface area contributed by atoms with Crippen LogP contribution in [0.1, 0.15) is 34.8 Å². The third-order valence-electron chi connectivity index (χ3n) is 4.02. The van der Waals surface area contributed by atoms with Crippen molar-refractivity contribution in [2.24, 2.45) is 0 Å². The van der Waals surface area contributed by atoms with Crippen LogP contribution in [0.2, 0.25) is 0 Å². The molecule has 6 heteroatoms. The van der Waals surface area contributed by atoms with Gasteiger partial charge in [-0.15, -0.1) is 0 Å². The van der Waals surface area contributed by atoms with Gasteiger partial charge in [0.05, 0.1) is 12.9 Å². The number of methoxy groups -OCH3 is 1. The van der Waals surface area contributed by atoms with E-state index in [9.17, 15) is 13.2 Å². The highest BCUT2D eigenvalue weighted by Gasteiger charge is 2.12. The maximum Gasteiger partial charge on any atom is 0.251 e. The predicted octanol–water partition coefficient (Wildman–Crippen LogP) is 2.99. The highest BCUT2D eigenvalue weighted by atomic mass is 32.2. The minimum atomic E-state index is -3.13. The Hall–Kier alpha value is -2.34. The molecule has 0 aliphatic heterocycles. The third kappa shape index (κ3) is 6.52. The average Bonchev–Trinajstić information content (AvgIpc) is 2.59. The smallest absolute Gasteiger partial charge is 0.251 e. The summed E-state index contributed by atoms with van der Waals surface area (Å²) < 4.78 is 28.0. The Labute approximate surface area is 155 Å². The Balaban J connectivity index is 1.90. The number of carbonyl (C=O) groups is 1. The van der Waals surface area contributed by atoms with Gasteiger partial charge >= 0.3 is 0 Å². The average molecular weight is 375 g/mol. The molecule has 1 amide bonds. The maximum atomic E-state index is 12.4. The third-order valence-corrected chi connectivity index (χ3v) is 4.88. The number of amides is 1. The van der Waals surface area contributed by atoms with Gasteiger partial charge in [-0.05, 0) is 55.2 Å². The summed E-state index contributed by atoms with van der Waals surface area (Å²) in [5.41, 5.74) is 2.27. The van der Waals surface area contributed by atoms with E-state index in [0.717, 1.165) is 18.6 Å². The van der Waals surface area contributed by atoms with E-state index in [0.29, 0.717) is 11.1 Å². The predicted molar refractivity (Wildman–Crippen MR) is 103 cm³/mol. The van der Waals surface area contributed by atoms with Gasteiger partial charge in [-0.25, -0.2) is 8.42 Å². The molecule has 0 spiro atoms. The van der Waals surface area contributed by atoms with E-state index in [1.54, 1.807) is 31.4 Å². The molecule has 1 N–H and O–H groups in total. The molecule has 0 fully saturated rings. The van der Waals surface area contributed by atoms with Gasteiger partial charge in [-0.3, -0.25) is 4.79 Å². The molecule has 1 unspecified atom stereocenters. The van der Waals surface area contributed by atoms with Crippen LogP contribution < -0.4 is 10.1 Å². The fourth-order valence-electron chi connectivity index (χ4n) is 2.66. The molecule has 0 aliphatic rings. The highest BCUT2D eigenvalue weighted by Crippen LogP contribution is 2.14. The van der Waals surface area contributed by atoms with Gasteiger partial charge in [0.2, 0.25) is 0 Å². The molecule has 2 aromatic carbocycles. The topological polar surface area (TPSA) is 72.5 Å². The van der Waals surface area contributed by atoms with Gasteiger partial charge in [-0.2, -0.15) is 0 Å². The quantitative estimate of drug-likeness (QED) is 0.770. The summed E-state index contributed by atoms with van der Waals surface area (Å²) in [5.74, 6) is 0.563. The summed E-state index contributed by atoms with van der Waals surface area (Å²) in [4.78, 5) is 12.4. The van der Waals surface area contributed by atoms with Crippen LogP contribution in [-0.2, 0) is 22.0 Å². The molecule has 140 valence electrons. The number of carbonyl (C=O) groups excluding carboxylic acids is 1. The standard InChI is InChI=1S/C20H25NO4S/c1-15(7-8-16-9-11-19(25-2)12-10-16)21-20(22)18-6-4-5-17(13-18)14-26(3,23)24/h4-6,9-13,15H,7-8,14H2,1-3H3,(H,21,22). The summed E-state index contributed by atoms with van der Waals surface area (Å²) >= 11 is 0. The van der Waals surface area contributed by atoms with Crippen molar-refractivity contribution in [3.05, 3.63) is 65.2 Å². The van der Waals surface area contributed by atoms with Gasteiger partial charge in [0.15, 0.2) is 9.84 Å². The van der Waals surface area contributed by atoms with Gasteiger partial charge in [0, 0.05) is 17.9 Å². The van der Waals surface area contributed by atoms with Crippen molar-refractivity contribution in [2.75, 3.05) is 13.4 Å². The fourth-order valence-corrected chi connectivity index (χ4v) is 3.44. The molecule has 0 heterocycles. The van der Waals surface area contributed by atoms with Crippen molar-refractivity contribution in [3.8, 4) is 5.75 Å². The van der Waals surface area contributed by atoms with Crippen LogP contribution in [0.4, 0.5) is 0 Å². The number of benzene rings is 2. The van der Waals surface area contributed by atoms with E-state index >= 15 is 0 Å². The molecule has 0 saturated carbocycles. The van der Waals surface area contributed by atoms with Crippen LogP contribution in [0.5, 0.6) is 5.75 Å². The summed E-state index contributed by atoms with van der Waals surface area (Å²) in [6, 6.07) is 14.6.